The first-order valence-electron chi connectivity index (χ1n) is 8.84. The second-order valence-electron chi connectivity index (χ2n) is 6.64. The maximum Gasteiger partial charge on any atom is 0.331 e. The highest BCUT2D eigenvalue weighted by atomic mass is 19.1. The van der Waals surface area contributed by atoms with Gasteiger partial charge in [0.2, 0.25) is 5.88 Å². The summed E-state index contributed by atoms with van der Waals surface area (Å²) < 4.78 is 34.7. The highest BCUT2D eigenvalue weighted by Gasteiger charge is 2.18. The number of hydrogen-bond donors (Lipinski definition) is 1. The van der Waals surface area contributed by atoms with Gasteiger partial charge in [0.25, 0.3) is 5.56 Å². The number of rotatable bonds is 5. The quantitative estimate of drug-likeness (QED) is 0.725. The molecule has 0 saturated carbocycles. The van der Waals surface area contributed by atoms with Gasteiger partial charge in [0.05, 0.1) is 12.1 Å². The highest BCUT2D eigenvalue weighted by molar-refractivity contribution is 5.37. The minimum Gasteiger partial charge on any atom is -0.440 e. The maximum absolute atomic E-state index is 14.1. The third-order valence-corrected chi connectivity index (χ3v) is 4.34. The Morgan fingerprint density at radius 3 is 2.36 bits per heavy atom. The molecule has 0 radical (unpaired) electrons. The monoisotopic (exact) mass is 386 g/mol. The Kier molecular flexibility index (Phi) is 5.44. The second-order valence-corrected chi connectivity index (χ2v) is 6.64. The third-order valence-electron chi connectivity index (χ3n) is 4.34. The van der Waals surface area contributed by atoms with E-state index in [2.05, 4.69) is 4.98 Å². The Morgan fingerprint density at radius 2 is 1.71 bits per heavy atom. The van der Waals surface area contributed by atoms with Gasteiger partial charge in [0.1, 0.15) is 17.4 Å². The van der Waals surface area contributed by atoms with Crippen LogP contribution in [0.3, 0.4) is 0 Å². The summed E-state index contributed by atoms with van der Waals surface area (Å²) in [5, 5.41) is 0. The summed E-state index contributed by atoms with van der Waals surface area (Å²) in [4.78, 5) is 26.9. The van der Waals surface area contributed by atoms with Crippen molar-refractivity contribution in [3.8, 4) is 11.6 Å². The Labute approximate surface area is 160 Å². The van der Waals surface area contributed by atoms with E-state index in [1.54, 1.807) is 19.1 Å². The van der Waals surface area contributed by atoms with Crippen molar-refractivity contribution in [2.45, 2.75) is 33.7 Å². The molecule has 1 heterocycles. The van der Waals surface area contributed by atoms with Gasteiger partial charge in [-0.05, 0) is 61.7 Å². The van der Waals surface area contributed by atoms with E-state index in [4.69, 9.17) is 4.74 Å². The molecule has 0 unspecified atom stereocenters. The van der Waals surface area contributed by atoms with E-state index in [1.165, 1.54) is 0 Å². The first kappa shape index (κ1) is 19.5. The van der Waals surface area contributed by atoms with Crippen molar-refractivity contribution in [2.24, 2.45) is 0 Å². The van der Waals surface area contributed by atoms with Crippen LogP contribution in [0.2, 0.25) is 0 Å². The molecule has 0 atom stereocenters. The van der Waals surface area contributed by atoms with E-state index in [1.807, 2.05) is 19.9 Å². The Morgan fingerprint density at radius 1 is 1.04 bits per heavy atom. The largest absolute Gasteiger partial charge is 0.440 e. The topological polar surface area (TPSA) is 64.1 Å². The van der Waals surface area contributed by atoms with Crippen molar-refractivity contribution in [1.82, 2.24) is 9.55 Å². The predicted octanol–water partition coefficient (Wildman–Crippen LogP) is 3.83. The van der Waals surface area contributed by atoms with Crippen molar-refractivity contribution >= 4 is 0 Å². The van der Waals surface area contributed by atoms with Crippen LogP contribution < -0.4 is 16.0 Å². The van der Waals surface area contributed by atoms with Gasteiger partial charge in [0.15, 0.2) is 0 Å². The maximum atomic E-state index is 14.1. The van der Waals surface area contributed by atoms with E-state index in [0.29, 0.717) is 12.2 Å². The van der Waals surface area contributed by atoms with Crippen LogP contribution in [0.5, 0.6) is 11.6 Å². The number of nitrogens with one attached hydrogen (secondary N) is 1. The van der Waals surface area contributed by atoms with Crippen molar-refractivity contribution in [3.05, 3.63) is 91.1 Å². The molecule has 0 bridgehead atoms. The number of ether oxygens (including phenoxy) is 1. The molecule has 2 aromatic carbocycles. The lowest BCUT2D eigenvalue weighted by Gasteiger charge is -2.17. The summed E-state index contributed by atoms with van der Waals surface area (Å²) in [6.07, 6.45) is 0.293. The standard InChI is InChI=1S/C21H20F2N2O3/c1-4-17-19(26)24-21(27)25(11-14-10-15(22)5-6-18(14)23)20(17)28-16-8-12(2)7-13(3)9-16/h5-10H,4,11H2,1-3H3,(H,24,26,27). The van der Waals surface area contributed by atoms with Gasteiger partial charge < -0.3 is 4.74 Å². The zero-order valence-corrected chi connectivity index (χ0v) is 15.8. The van der Waals surface area contributed by atoms with Gasteiger partial charge >= 0.3 is 5.69 Å². The molecule has 1 N–H and O–H groups in total. The van der Waals surface area contributed by atoms with Crippen LogP contribution in [0, 0.1) is 25.5 Å². The lowest BCUT2D eigenvalue weighted by molar-refractivity contribution is 0.411. The summed E-state index contributed by atoms with van der Waals surface area (Å²) >= 11 is 0. The van der Waals surface area contributed by atoms with Crippen LogP contribution in [0.1, 0.15) is 29.2 Å². The fraction of sp³-hybridized carbons (Fsp3) is 0.238. The number of benzene rings is 2. The minimum atomic E-state index is -0.759. The van der Waals surface area contributed by atoms with Crippen LogP contribution >= 0.6 is 0 Å². The molecular formula is C21H20F2N2O3. The summed E-state index contributed by atoms with van der Waals surface area (Å²) in [7, 11) is 0. The molecule has 3 rings (SSSR count). The molecule has 0 amide bonds. The van der Waals surface area contributed by atoms with Crippen LogP contribution in [-0.4, -0.2) is 9.55 Å². The van der Waals surface area contributed by atoms with E-state index >= 15 is 0 Å². The summed E-state index contributed by atoms with van der Waals surface area (Å²) in [5.41, 5.74) is 0.788. The molecule has 0 spiro atoms. The number of aromatic nitrogens is 2. The van der Waals surface area contributed by atoms with Crippen LogP contribution in [0.25, 0.3) is 0 Å². The second kappa shape index (κ2) is 7.80. The van der Waals surface area contributed by atoms with Crippen molar-refractivity contribution in [3.63, 3.8) is 0 Å². The van der Waals surface area contributed by atoms with E-state index in [9.17, 15) is 18.4 Å². The van der Waals surface area contributed by atoms with Gasteiger partial charge in [0, 0.05) is 5.56 Å². The molecular weight excluding hydrogens is 366 g/mol. The molecule has 3 aromatic rings. The van der Waals surface area contributed by atoms with Crippen LogP contribution in [-0.2, 0) is 13.0 Å². The van der Waals surface area contributed by atoms with Crippen molar-refractivity contribution in [2.75, 3.05) is 0 Å². The Bertz CT molecular complexity index is 1130. The zero-order chi connectivity index (χ0) is 20.4. The zero-order valence-electron chi connectivity index (χ0n) is 15.8. The number of aromatic amines is 1. The summed E-state index contributed by atoms with van der Waals surface area (Å²) in [5.74, 6) is -0.813. The van der Waals surface area contributed by atoms with Crippen molar-refractivity contribution in [1.29, 1.82) is 0 Å². The number of nitrogens with zero attached hydrogens (tertiary/aromatic N) is 1. The van der Waals surface area contributed by atoms with Gasteiger partial charge in [-0.2, -0.15) is 0 Å². The lowest BCUT2D eigenvalue weighted by atomic mass is 10.1. The molecule has 146 valence electrons. The fourth-order valence-corrected chi connectivity index (χ4v) is 3.10. The molecule has 0 fully saturated rings. The molecule has 0 aliphatic carbocycles. The van der Waals surface area contributed by atoms with E-state index in [-0.39, 0.29) is 23.6 Å². The van der Waals surface area contributed by atoms with E-state index in [0.717, 1.165) is 33.9 Å². The smallest absolute Gasteiger partial charge is 0.331 e. The highest BCUT2D eigenvalue weighted by Crippen LogP contribution is 2.26. The van der Waals surface area contributed by atoms with E-state index < -0.39 is 22.9 Å². The number of hydrogen-bond acceptors (Lipinski definition) is 3. The number of H-pyrrole nitrogens is 1. The lowest BCUT2D eigenvalue weighted by Crippen LogP contribution is -2.33. The molecule has 28 heavy (non-hydrogen) atoms. The van der Waals surface area contributed by atoms with Crippen LogP contribution in [0.4, 0.5) is 8.78 Å². The summed E-state index contributed by atoms with van der Waals surface area (Å²) in [6, 6.07) is 8.50. The average Bonchev–Trinajstić information content (AvgIpc) is 2.60. The first-order valence-corrected chi connectivity index (χ1v) is 8.84. The number of halogens is 2. The van der Waals surface area contributed by atoms with Gasteiger partial charge in [-0.3, -0.25) is 14.3 Å². The minimum absolute atomic E-state index is 0.0184. The van der Waals surface area contributed by atoms with Crippen molar-refractivity contribution < 1.29 is 13.5 Å². The van der Waals surface area contributed by atoms with Gasteiger partial charge in [-0.25, -0.2) is 13.6 Å². The SMILES string of the molecule is CCc1c(Oc2cc(C)cc(C)c2)n(Cc2cc(F)ccc2F)c(=O)[nH]c1=O. The molecule has 0 saturated heterocycles. The average molecular weight is 386 g/mol. The molecule has 0 aliphatic rings. The molecule has 0 aliphatic heterocycles. The van der Waals surface area contributed by atoms with Gasteiger partial charge in [-0.15, -0.1) is 0 Å². The predicted molar refractivity (Wildman–Crippen MR) is 102 cm³/mol. The molecule has 5 nitrogen and oxygen atoms in total. The summed E-state index contributed by atoms with van der Waals surface area (Å²) in [6.45, 7) is 5.25. The fourth-order valence-electron chi connectivity index (χ4n) is 3.10. The third kappa shape index (κ3) is 4.03. The normalized spacial score (nSPS) is 10.9. The first-order chi connectivity index (χ1) is 13.3. The van der Waals surface area contributed by atoms with Gasteiger partial charge in [-0.1, -0.05) is 13.0 Å². The Balaban J connectivity index is 2.17. The van der Waals surface area contributed by atoms with Crippen LogP contribution in [0.15, 0.2) is 46.0 Å². The molecule has 7 heteroatoms. The Hall–Kier alpha value is -3.22. The molecule has 1 aromatic heterocycles. The number of aryl methyl sites for hydroxylation is 2.